The summed E-state index contributed by atoms with van der Waals surface area (Å²) in [7, 11) is 0. The van der Waals surface area contributed by atoms with Crippen LogP contribution in [0.2, 0.25) is 0 Å². The van der Waals surface area contributed by atoms with Gasteiger partial charge in [0.2, 0.25) is 0 Å². The quantitative estimate of drug-likeness (QED) is 0.710. The van der Waals surface area contributed by atoms with Crippen LogP contribution in [0.25, 0.3) is 0 Å². The molecular weight excluding hydrogens is 322 g/mol. The van der Waals surface area contributed by atoms with Crippen molar-refractivity contribution in [2.75, 3.05) is 6.54 Å². The Morgan fingerprint density at radius 3 is 2.42 bits per heavy atom. The summed E-state index contributed by atoms with van der Waals surface area (Å²) < 4.78 is 0. The molecule has 0 spiro atoms. The molecule has 0 aromatic carbocycles. The van der Waals surface area contributed by atoms with Crippen molar-refractivity contribution in [3.05, 3.63) is 0 Å². The van der Waals surface area contributed by atoms with Crippen molar-refractivity contribution in [2.45, 2.75) is 40.5 Å². The molecule has 0 atom stereocenters. The van der Waals surface area contributed by atoms with Crippen LogP contribution in [-0.2, 0) is 25.9 Å². The molecule has 0 aliphatic carbocycles. The first-order chi connectivity index (χ1) is 4.93. The Kier molecular flexibility index (Phi) is 20.4. The molecule has 0 aromatic heterocycles. The van der Waals surface area contributed by atoms with E-state index in [2.05, 4.69) is 4.99 Å². The fourth-order valence-electron chi connectivity index (χ4n) is 0.827. The molecule has 0 bridgehead atoms. The molecule has 1 aliphatic rings. The zero-order chi connectivity index (χ0) is 7.82. The molecule has 12 heavy (non-hydrogen) atoms. The number of nitrogens with zero attached hydrogens (tertiary/aromatic N) is 1. The molecule has 0 unspecified atom stereocenters. The van der Waals surface area contributed by atoms with Crippen LogP contribution in [0.3, 0.4) is 0 Å². The molecular formula is C9H18NOW-. The van der Waals surface area contributed by atoms with Gasteiger partial charge in [-0.15, -0.1) is 6.42 Å². The SMILES string of the molecule is C.CC.O=[C-]CC1=NCCC1.[W]. The van der Waals surface area contributed by atoms with E-state index in [1.54, 1.807) is 0 Å². The van der Waals surface area contributed by atoms with Gasteiger partial charge in [0.15, 0.2) is 0 Å². The summed E-state index contributed by atoms with van der Waals surface area (Å²) in [6.45, 7) is 4.91. The van der Waals surface area contributed by atoms with Gasteiger partial charge in [0.1, 0.15) is 0 Å². The Hall–Kier alpha value is 0.0283. The number of aliphatic imine (C=N–C) groups is 1. The van der Waals surface area contributed by atoms with E-state index in [1.165, 1.54) is 0 Å². The van der Waals surface area contributed by atoms with Crippen LogP contribution in [0, 0.1) is 0 Å². The summed E-state index contributed by atoms with van der Waals surface area (Å²) in [5, 5.41) is 0. The first-order valence-corrected chi connectivity index (χ1v) is 3.80. The van der Waals surface area contributed by atoms with Gasteiger partial charge in [-0.3, -0.25) is 11.3 Å². The zero-order valence-electron chi connectivity index (χ0n) is 7.09. The summed E-state index contributed by atoms with van der Waals surface area (Å²) in [6, 6.07) is 0. The molecule has 0 aromatic rings. The van der Waals surface area contributed by atoms with Gasteiger partial charge in [-0.05, 0) is 18.6 Å². The van der Waals surface area contributed by atoms with Gasteiger partial charge >= 0.3 is 0 Å². The first kappa shape index (κ1) is 17.9. The minimum absolute atomic E-state index is 0. The fraction of sp³-hybridized carbons (Fsp3) is 0.778. The normalized spacial score (nSPS) is 12.7. The van der Waals surface area contributed by atoms with Crippen molar-refractivity contribution in [3.8, 4) is 0 Å². The molecule has 0 N–H and O–H groups in total. The van der Waals surface area contributed by atoms with Gasteiger partial charge in [0.25, 0.3) is 0 Å². The Balaban J connectivity index is -0.000000189. The molecule has 0 fully saturated rings. The zero-order valence-corrected chi connectivity index (χ0v) is 10.0. The Morgan fingerprint density at radius 2 is 2.08 bits per heavy atom. The van der Waals surface area contributed by atoms with Crippen LogP contribution in [0.1, 0.15) is 40.5 Å². The van der Waals surface area contributed by atoms with Crippen LogP contribution in [0.15, 0.2) is 4.99 Å². The predicted molar refractivity (Wildman–Crippen MR) is 49.9 cm³/mol. The second kappa shape index (κ2) is 13.6. The molecule has 3 heteroatoms. The number of hydrogen-bond donors (Lipinski definition) is 0. The third kappa shape index (κ3) is 8.13. The van der Waals surface area contributed by atoms with Crippen LogP contribution in [0.4, 0.5) is 0 Å². The topological polar surface area (TPSA) is 29.4 Å². The molecule has 0 saturated carbocycles. The molecule has 0 radical (unpaired) electrons. The Labute approximate surface area is 90.1 Å². The van der Waals surface area contributed by atoms with Crippen molar-refractivity contribution < 1.29 is 25.9 Å². The van der Waals surface area contributed by atoms with Crippen LogP contribution < -0.4 is 0 Å². The van der Waals surface area contributed by atoms with E-state index in [0.717, 1.165) is 25.1 Å². The second-order valence-corrected chi connectivity index (χ2v) is 1.87. The second-order valence-electron chi connectivity index (χ2n) is 1.87. The van der Waals surface area contributed by atoms with Crippen molar-refractivity contribution in [1.82, 2.24) is 0 Å². The van der Waals surface area contributed by atoms with E-state index in [9.17, 15) is 4.79 Å². The standard InChI is InChI=1S/C6H8NO.C2H6.CH4.W/c8-5-3-6-2-1-4-7-6;1-2;;/h1-4H2;1-2H3;1H4;/q-1;;;. The van der Waals surface area contributed by atoms with Crippen molar-refractivity contribution in [2.24, 2.45) is 4.99 Å². The summed E-state index contributed by atoms with van der Waals surface area (Å²) in [5.74, 6) is 0. The van der Waals surface area contributed by atoms with Crippen LogP contribution >= 0.6 is 0 Å². The Morgan fingerprint density at radius 1 is 1.50 bits per heavy atom. The van der Waals surface area contributed by atoms with Gasteiger partial charge in [-0.2, -0.15) is 0 Å². The summed E-state index contributed by atoms with van der Waals surface area (Å²) in [4.78, 5) is 13.8. The fourth-order valence-corrected chi connectivity index (χ4v) is 0.827. The third-order valence-corrected chi connectivity index (χ3v) is 1.24. The minimum atomic E-state index is 0. The number of carbonyl (C=O) groups excluding carboxylic acids is 1. The summed E-state index contributed by atoms with van der Waals surface area (Å²) in [5.41, 5.74) is 1.03. The van der Waals surface area contributed by atoms with Gasteiger partial charge < -0.3 is 4.79 Å². The molecule has 1 aliphatic heterocycles. The maximum absolute atomic E-state index is 9.76. The van der Waals surface area contributed by atoms with Gasteiger partial charge in [-0.25, -0.2) is 0 Å². The average Bonchev–Trinajstić information content (AvgIpc) is 2.46. The predicted octanol–water partition coefficient (Wildman–Crippen LogP) is 2.38. The van der Waals surface area contributed by atoms with Crippen molar-refractivity contribution in [1.29, 1.82) is 0 Å². The average molecular weight is 340 g/mol. The van der Waals surface area contributed by atoms with Gasteiger partial charge in [0.05, 0.1) is 0 Å². The summed E-state index contributed by atoms with van der Waals surface area (Å²) >= 11 is 0. The molecule has 0 amide bonds. The molecule has 1 heterocycles. The van der Waals surface area contributed by atoms with E-state index < -0.39 is 0 Å². The van der Waals surface area contributed by atoms with Gasteiger partial charge in [-0.1, -0.05) is 21.3 Å². The van der Waals surface area contributed by atoms with Crippen molar-refractivity contribution >= 4 is 12.0 Å². The van der Waals surface area contributed by atoms with Crippen molar-refractivity contribution in [3.63, 3.8) is 0 Å². The maximum atomic E-state index is 9.76. The maximum Gasteiger partial charge on any atom is 0.0391 e. The van der Waals surface area contributed by atoms with E-state index in [-0.39, 0.29) is 28.5 Å². The summed E-state index contributed by atoms with van der Waals surface area (Å²) in [6.07, 6.45) is 4.39. The van der Waals surface area contributed by atoms with Gasteiger partial charge in [0, 0.05) is 27.6 Å². The Bertz CT molecular complexity index is 124. The number of hydrogen-bond acceptors (Lipinski definition) is 2. The van der Waals surface area contributed by atoms with E-state index in [0.29, 0.717) is 6.42 Å². The molecule has 0 saturated heterocycles. The first-order valence-electron chi connectivity index (χ1n) is 3.80. The van der Waals surface area contributed by atoms with E-state index >= 15 is 0 Å². The molecule has 2 nitrogen and oxygen atoms in total. The molecule has 72 valence electrons. The van der Waals surface area contributed by atoms with Crippen LogP contribution in [0.5, 0.6) is 0 Å². The minimum Gasteiger partial charge on any atom is -0.541 e. The third-order valence-electron chi connectivity index (χ3n) is 1.24. The smallest absolute Gasteiger partial charge is 0.0391 e. The van der Waals surface area contributed by atoms with E-state index in [4.69, 9.17) is 0 Å². The molecule has 1 rings (SSSR count). The largest absolute Gasteiger partial charge is 0.541 e. The van der Waals surface area contributed by atoms with Crippen LogP contribution in [-0.4, -0.2) is 18.5 Å². The monoisotopic (exact) mass is 340 g/mol. The number of rotatable bonds is 2. The van der Waals surface area contributed by atoms with E-state index in [1.807, 2.05) is 20.1 Å².